The summed E-state index contributed by atoms with van der Waals surface area (Å²) in [7, 11) is 0. The number of carbonyl (C=O) groups is 1. The number of aliphatic imine (C=N–C) groups is 1. The molecule has 7 heteroatoms. The summed E-state index contributed by atoms with van der Waals surface area (Å²) in [5.41, 5.74) is 0.553. The molecule has 1 aromatic carbocycles. The molecule has 0 spiro atoms. The predicted molar refractivity (Wildman–Crippen MR) is 111 cm³/mol. The third kappa shape index (κ3) is 9.38. The molecule has 1 aromatic rings. The van der Waals surface area contributed by atoms with Crippen LogP contribution in [0.4, 0.5) is 10.1 Å². The largest absolute Gasteiger partial charge is 0.357 e. The van der Waals surface area contributed by atoms with Gasteiger partial charge < -0.3 is 16.0 Å². The molecule has 0 unspecified atom stereocenters. The minimum atomic E-state index is -0.335. The van der Waals surface area contributed by atoms with Crippen LogP contribution < -0.4 is 16.0 Å². The molecule has 0 aliphatic heterocycles. The highest BCUT2D eigenvalue weighted by atomic mass is 19.1. The Morgan fingerprint density at radius 2 is 1.74 bits per heavy atom. The summed E-state index contributed by atoms with van der Waals surface area (Å²) in [6.07, 6.45) is 0.989. The number of nitrogens with zero attached hydrogens (tertiary/aromatic N) is 2. The summed E-state index contributed by atoms with van der Waals surface area (Å²) in [6.45, 7) is 13.3. The summed E-state index contributed by atoms with van der Waals surface area (Å²) in [5, 5.41) is 9.10. The highest BCUT2D eigenvalue weighted by Crippen LogP contribution is 2.08. The van der Waals surface area contributed by atoms with Crippen molar-refractivity contribution in [3.8, 4) is 0 Å². The fraction of sp³-hybridized carbons (Fsp3) is 0.600. The average molecular weight is 380 g/mol. The normalized spacial score (nSPS) is 12.0. The Kier molecular flexibility index (Phi) is 10.4. The molecule has 0 heterocycles. The summed E-state index contributed by atoms with van der Waals surface area (Å²) < 4.78 is 12.9. The van der Waals surface area contributed by atoms with Gasteiger partial charge in [-0.25, -0.2) is 9.38 Å². The van der Waals surface area contributed by atoms with E-state index < -0.39 is 0 Å². The molecule has 0 saturated carbocycles. The molecule has 0 aromatic heterocycles. The molecular formula is C20H34FN5O. The van der Waals surface area contributed by atoms with Crippen molar-refractivity contribution in [3.63, 3.8) is 0 Å². The van der Waals surface area contributed by atoms with Gasteiger partial charge in [-0.15, -0.1) is 0 Å². The lowest BCUT2D eigenvalue weighted by atomic mass is 10.2. The van der Waals surface area contributed by atoms with Crippen molar-refractivity contribution in [1.29, 1.82) is 0 Å². The fourth-order valence-corrected chi connectivity index (χ4v) is 2.81. The molecule has 1 amide bonds. The number of benzene rings is 1. The van der Waals surface area contributed by atoms with Crippen LogP contribution in [0, 0.1) is 5.82 Å². The van der Waals surface area contributed by atoms with Gasteiger partial charge in [-0.05, 0) is 65.3 Å². The standard InChI is InChI=1S/C20H34FN5O/c1-6-22-20(23-12-7-13-26(15(2)3)16(4)5)24-14-19(27)25-18-10-8-17(21)9-11-18/h8-11,15-16H,6-7,12-14H2,1-5H3,(H,25,27)(H2,22,23,24). The quantitative estimate of drug-likeness (QED) is 0.332. The molecule has 0 fully saturated rings. The second kappa shape index (κ2) is 12.3. The predicted octanol–water partition coefficient (Wildman–Crippen LogP) is 2.83. The minimum absolute atomic E-state index is 0.00315. The highest BCUT2D eigenvalue weighted by Gasteiger charge is 2.12. The molecule has 0 radical (unpaired) electrons. The molecule has 152 valence electrons. The van der Waals surface area contributed by atoms with Gasteiger partial charge in [0.25, 0.3) is 0 Å². The molecule has 0 atom stereocenters. The third-order valence-electron chi connectivity index (χ3n) is 4.07. The maximum atomic E-state index is 12.9. The number of nitrogens with one attached hydrogen (secondary N) is 3. The number of amides is 1. The second-order valence-electron chi connectivity index (χ2n) is 6.96. The van der Waals surface area contributed by atoms with Crippen LogP contribution in [0.2, 0.25) is 0 Å². The van der Waals surface area contributed by atoms with Gasteiger partial charge >= 0.3 is 0 Å². The van der Waals surface area contributed by atoms with Gasteiger partial charge in [0.1, 0.15) is 12.4 Å². The number of guanidine groups is 1. The zero-order valence-corrected chi connectivity index (χ0v) is 17.2. The van der Waals surface area contributed by atoms with E-state index in [4.69, 9.17) is 0 Å². The first-order valence-electron chi connectivity index (χ1n) is 9.66. The van der Waals surface area contributed by atoms with E-state index in [2.05, 4.69) is 53.5 Å². The van der Waals surface area contributed by atoms with E-state index >= 15 is 0 Å². The van der Waals surface area contributed by atoms with Crippen LogP contribution in [0.3, 0.4) is 0 Å². The van der Waals surface area contributed by atoms with Gasteiger partial charge in [-0.2, -0.15) is 0 Å². The molecule has 0 bridgehead atoms. The van der Waals surface area contributed by atoms with Gasteiger partial charge in [-0.1, -0.05) is 0 Å². The van der Waals surface area contributed by atoms with E-state index in [-0.39, 0.29) is 18.3 Å². The molecular weight excluding hydrogens is 345 g/mol. The van der Waals surface area contributed by atoms with E-state index in [1.165, 1.54) is 24.3 Å². The van der Waals surface area contributed by atoms with E-state index in [9.17, 15) is 9.18 Å². The van der Waals surface area contributed by atoms with Gasteiger partial charge in [0.15, 0.2) is 5.96 Å². The fourth-order valence-electron chi connectivity index (χ4n) is 2.81. The SMILES string of the molecule is CCNC(=NCC(=O)Nc1ccc(F)cc1)NCCCN(C(C)C)C(C)C. The van der Waals surface area contributed by atoms with Crippen molar-refractivity contribution in [2.24, 2.45) is 4.99 Å². The molecule has 0 aliphatic rings. The van der Waals surface area contributed by atoms with Gasteiger partial charge in [-0.3, -0.25) is 9.69 Å². The lowest BCUT2D eigenvalue weighted by molar-refractivity contribution is -0.114. The van der Waals surface area contributed by atoms with E-state index in [1.807, 2.05) is 6.92 Å². The minimum Gasteiger partial charge on any atom is -0.357 e. The Bertz CT molecular complexity index is 579. The third-order valence-corrected chi connectivity index (χ3v) is 4.07. The smallest absolute Gasteiger partial charge is 0.246 e. The summed E-state index contributed by atoms with van der Waals surface area (Å²) >= 11 is 0. The lowest BCUT2D eigenvalue weighted by Gasteiger charge is -2.30. The Morgan fingerprint density at radius 3 is 2.30 bits per heavy atom. The van der Waals surface area contributed by atoms with Crippen LogP contribution >= 0.6 is 0 Å². The van der Waals surface area contributed by atoms with Crippen LogP contribution in [0.5, 0.6) is 0 Å². The van der Waals surface area contributed by atoms with Crippen molar-refractivity contribution in [2.75, 3.05) is 31.5 Å². The summed E-state index contributed by atoms with van der Waals surface area (Å²) in [6, 6.07) is 6.69. The number of rotatable bonds is 10. The number of hydrogen-bond acceptors (Lipinski definition) is 3. The van der Waals surface area contributed by atoms with E-state index in [1.54, 1.807) is 0 Å². The van der Waals surface area contributed by atoms with Gasteiger partial charge in [0, 0.05) is 37.4 Å². The van der Waals surface area contributed by atoms with E-state index in [0.29, 0.717) is 23.7 Å². The van der Waals surface area contributed by atoms with Gasteiger partial charge in [0.05, 0.1) is 0 Å². The number of hydrogen-bond donors (Lipinski definition) is 3. The monoisotopic (exact) mass is 379 g/mol. The Hall–Kier alpha value is -2.15. The van der Waals surface area contributed by atoms with Crippen molar-refractivity contribution in [3.05, 3.63) is 30.1 Å². The van der Waals surface area contributed by atoms with Crippen LogP contribution in [-0.4, -0.2) is 55.0 Å². The lowest BCUT2D eigenvalue weighted by Crippen LogP contribution is -2.41. The Balaban J connectivity index is 2.44. The zero-order valence-electron chi connectivity index (χ0n) is 17.2. The van der Waals surface area contributed by atoms with Crippen molar-refractivity contribution in [1.82, 2.24) is 15.5 Å². The van der Waals surface area contributed by atoms with Crippen molar-refractivity contribution in [2.45, 2.75) is 53.1 Å². The molecule has 3 N–H and O–H groups in total. The Labute approximate surface area is 162 Å². The number of halogens is 1. The maximum Gasteiger partial charge on any atom is 0.246 e. The summed E-state index contributed by atoms with van der Waals surface area (Å²) in [4.78, 5) is 18.8. The maximum absolute atomic E-state index is 12.9. The van der Waals surface area contributed by atoms with Crippen LogP contribution in [0.25, 0.3) is 0 Å². The average Bonchev–Trinajstić information content (AvgIpc) is 2.60. The first kappa shape index (κ1) is 22.9. The highest BCUT2D eigenvalue weighted by molar-refractivity contribution is 5.94. The number of anilines is 1. The zero-order chi connectivity index (χ0) is 20.2. The van der Waals surface area contributed by atoms with Crippen molar-refractivity contribution < 1.29 is 9.18 Å². The molecule has 6 nitrogen and oxygen atoms in total. The molecule has 0 saturated heterocycles. The molecule has 0 aliphatic carbocycles. The van der Waals surface area contributed by atoms with E-state index in [0.717, 1.165) is 26.1 Å². The Morgan fingerprint density at radius 1 is 1.11 bits per heavy atom. The second-order valence-corrected chi connectivity index (χ2v) is 6.96. The topological polar surface area (TPSA) is 68.8 Å². The van der Waals surface area contributed by atoms with Crippen molar-refractivity contribution >= 4 is 17.6 Å². The number of carbonyl (C=O) groups excluding carboxylic acids is 1. The first-order valence-corrected chi connectivity index (χ1v) is 9.66. The van der Waals surface area contributed by atoms with Crippen LogP contribution in [-0.2, 0) is 4.79 Å². The summed E-state index contributed by atoms with van der Waals surface area (Å²) in [5.74, 6) is 0.0372. The molecule has 1 rings (SSSR count). The van der Waals surface area contributed by atoms with Crippen LogP contribution in [0.1, 0.15) is 41.0 Å². The van der Waals surface area contributed by atoms with Crippen LogP contribution in [0.15, 0.2) is 29.3 Å². The van der Waals surface area contributed by atoms with Gasteiger partial charge in [0.2, 0.25) is 5.91 Å². The molecule has 27 heavy (non-hydrogen) atoms. The first-order chi connectivity index (χ1) is 12.8.